The normalized spacial score (nSPS) is 11.8. The minimum atomic E-state index is -3.68. The lowest BCUT2D eigenvalue weighted by molar-refractivity contribution is 0.229. The molecule has 0 radical (unpaired) electrons. The highest BCUT2D eigenvalue weighted by Crippen LogP contribution is 2.50. The van der Waals surface area contributed by atoms with E-state index in [1.165, 1.54) is 12.1 Å². The third-order valence-electron chi connectivity index (χ3n) is 5.10. The standard InChI is InChI=1S/C25H25FNO3P/c1-3-29-31(28,30-4-2)25-22-16-15-20(26)18-23(22)24(17-19-11-7-5-8-12-19)27(25)21-13-9-6-10-14-21/h5-16,18H,3-4,17H2,1-2H3. The van der Waals surface area contributed by atoms with Crippen LogP contribution in [0.5, 0.6) is 0 Å². The van der Waals surface area contributed by atoms with Crippen molar-refractivity contribution in [1.29, 1.82) is 0 Å². The van der Waals surface area contributed by atoms with Crippen LogP contribution in [0.4, 0.5) is 4.39 Å². The Kier molecular flexibility index (Phi) is 6.38. The van der Waals surface area contributed by atoms with E-state index in [1.54, 1.807) is 19.9 Å². The summed E-state index contributed by atoms with van der Waals surface area (Å²) in [6.07, 6.45) is 0.536. The molecular weight excluding hydrogens is 412 g/mol. The molecule has 0 aliphatic carbocycles. The molecule has 6 heteroatoms. The Balaban J connectivity index is 2.09. The molecule has 0 atom stereocenters. The van der Waals surface area contributed by atoms with Crippen LogP contribution in [-0.2, 0) is 20.0 Å². The van der Waals surface area contributed by atoms with Crippen molar-refractivity contribution in [3.05, 3.63) is 95.9 Å². The zero-order valence-electron chi connectivity index (χ0n) is 17.6. The minimum absolute atomic E-state index is 0.230. The van der Waals surface area contributed by atoms with Crippen molar-refractivity contribution in [2.75, 3.05) is 13.2 Å². The fraction of sp³-hybridized carbons (Fsp3) is 0.200. The molecule has 0 spiro atoms. The molecule has 4 nitrogen and oxygen atoms in total. The van der Waals surface area contributed by atoms with Gasteiger partial charge in [-0.3, -0.25) is 4.57 Å². The molecule has 0 saturated carbocycles. The number of fused-ring (bicyclic) bond motifs is 1. The second-order valence-corrected chi connectivity index (χ2v) is 9.06. The summed E-state index contributed by atoms with van der Waals surface area (Å²) in [5.74, 6) is -0.346. The summed E-state index contributed by atoms with van der Waals surface area (Å²) in [6, 6.07) is 24.1. The van der Waals surface area contributed by atoms with Gasteiger partial charge in [0.25, 0.3) is 0 Å². The third kappa shape index (κ3) is 4.22. The fourth-order valence-corrected chi connectivity index (χ4v) is 5.88. The van der Waals surface area contributed by atoms with E-state index >= 15 is 0 Å². The molecule has 0 fully saturated rings. The monoisotopic (exact) mass is 437 g/mol. The SMILES string of the molecule is CCOP(=O)(OCC)c1c2ccc(F)cc2c(Cc2ccccc2)n1-c1ccccc1. The second kappa shape index (κ2) is 9.19. The number of hydrogen-bond acceptors (Lipinski definition) is 3. The minimum Gasteiger partial charge on any atom is -0.306 e. The molecule has 4 rings (SSSR count). The van der Waals surface area contributed by atoms with Crippen LogP contribution in [0.2, 0.25) is 0 Å². The highest BCUT2D eigenvalue weighted by molar-refractivity contribution is 7.62. The van der Waals surface area contributed by atoms with Crippen molar-refractivity contribution in [1.82, 2.24) is 4.57 Å². The first kappa shape index (κ1) is 21.5. The average Bonchev–Trinajstić information content (AvgIpc) is 3.09. The highest BCUT2D eigenvalue weighted by atomic mass is 31.2. The van der Waals surface area contributed by atoms with Gasteiger partial charge in [-0.05, 0) is 49.7 Å². The van der Waals surface area contributed by atoms with Gasteiger partial charge in [-0.15, -0.1) is 0 Å². The van der Waals surface area contributed by atoms with Crippen LogP contribution in [0.1, 0.15) is 25.1 Å². The highest BCUT2D eigenvalue weighted by Gasteiger charge is 2.35. The van der Waals surface area contributed by atoms with Crippen molar-refractivity contribution in [3.63, 3.8) is 0 Å². The van der Waals surface area contributed by atoms with Crippen molar-refractivity contribution >= 4 is 23.8 Å². The summed E-state index contributed by atoms with van der Waals surface area (Å²) < 4.78 is 41.8. The van der Waals surface area contributed by atoms with Crippen LogP contribution in [0.15, 0.2) is 78.9 Å². The van der Waals surface area contributed by atoms with Crippen LogP contribution < -0.4 is 5.44 Å². The van der Waals surface area contributed by atoms with E-state index in [0.717, 1.165) is 16.9 Å². The summed E-state index contributed by atoms with van der Waals surface area (Å²) in [5.41, 5.74) is 3.15. The Bertz CT molecular complexity index is 1210. The Morgan fingerprint density at radius 3 is 2.06 bits per heavy atom. The van der Waals surface area contributed by atoms with Crippen LogP contribution in [0.3, 0.4) is 0 Å². The van der Waals surface area contributed by atoms with Gasteiger partial charge >= 0.3 is 7.60 Å². The molecule has 0 aliphatic heterocycles. The number of halogens is 1. The first-order chi connectivity index (χ1) is 15.1. The van der Waals surface area contributed by atoms with Crippen molar-refractivity contribution < 1.29 is 18.0 Å². The lowest BCUT2D eigenvalue weighted by atomic mass is 10.1. The van der Waals surface area contributed by atoms with Gasteiger partial charge in [0.2, 0.25) is 0 Å². The second-order valence-electron chi connectivity index (χ2n) is 7.13. The number of hydrogen-bond donors (Lipinski definition) is 0. The van der Waals surface area contributed by atoms with Gasteiger partial charge in [0.15, 0.2) is 0 Å². The molecule has 1 aromatic heterocycles. The van der Waals surface area contributed by atoms with Gasteiger partial charge in [0, 0.05) is 28.6 Å². The molecule has 0 N–H and O–H groups in total. The predicted molar refractivity (Wildman–Crippen MR) is 123 cm³/mol. The van der Waals surface area contributed by atoms with E-state index in [2.05, 4.69) is 0 Å². The van der Waals surface area contributed by atoms with Gasteiger partial charge in [-0.2, -0.15) is 0 Å². The zero-order valence-corrected chi connectivity index (χ0v) is 18.5. The van der Waals surface area contributed by atoms with E-state index in [4.69, 9.17) is 9.05 Å². The third-order valence-corrected chi connectivity index (χ3v) is 7.26. The molecule has 160 valence electrons. The molecule has 0 unspecified atom stereocenters. The summed E-state index contributed by atoms with van der Waals surface area (Å²) in [5, 5.41) is 1.36. The number of aromatic nitrogens is 1. The maximum atomic E-state index is 14.4. The van der Waals surface area contributed by atoms with Gasteiger partial charge in [-0.1, -0.05) is 48.5 Å². The van der Waals surface area contributed by atoms with E-state index in [0.29, 0.717) is 22.6 Å². The number of para-hydroxylation sites is 1. The molecule has 31 heavy (non-hydrogen) atoms. The van der Waals surface area contributed by atoms with Crippen LogP contribution in [0, 0.1) is 5.82 Å². The molecule has 0 aliphatic rings. The lowest BCUT2D eigenvalue weighted by Gasteiger charge is -2.21. The summed E-state index contributed by atoms with van der Waals surface area (Å²) in [7, 11) is -3.68. The fourth-order valence-electron chi connectivity index (χ4n) is 3.91. The number of nitrogens with zero attached hydrogens (tertiary/aromatic N) is 1. The Labute approximate surface area is 181 Å². The van der Waals surface area contributed by atoms with E-state index in [9.17, 15) is 8.96 Å². The van der Waals surface area contributed by atoms with E-state index in [-0.39, 0.29) is 19.0 Å². The van der Waals surface area contributed by atoms with Crippen molar-refractivity contribution in [2.45, 2.75) is 20.3 Å². The maximum Gasteiger partial charge on any atom is 0.378 e. The van der Waals surface area contributed by atoms with E-state index < -0.39 is 7.60 Å². The number of benzene rings is 3. The summed E-state index contributed by atoms with van der Waals surface area (Å²) >= 11 is 0. The quantitative estimate of drug-likeness (QED) is 0.306. The molecule has 4 aromatic rings. The molecule has 1 heterocycles. The summed E-state index contributed by atoms with van der Waals surface area (Å²) in [6.45, 7) is 4.03. The first-order valence-electron chi connectivity index (χ1n) is 10.4. The van der Waals surface area contributed by atoms with Crippen molar-refractivity contribution in [2.24, 2.45) is 0 Å². The molecule has 0 saturated heterocycles. The molecule has 0 amide bonds. The van der Waals surface area contributed by atoms with Gasteiger partial charge in [-0.25, -0.2) is 4.39 Å². The van der Waals surface area contributed by atoms with Crippen molar-refractivity contribution in [3.8, 4) is 5.69 Å². The van der Waals surface area contributed by atoms with Crippen LogP contribution in [-0.4, -0.2) is 17.8 Å². The van der Waals surface area contributed by atoms with Gasteiger partial charge in [0.05, 0.1) is 13.2 Å². The summed E-state index contributed by atoms with van der Waals surface area (Å²) in [4.78, 5) is 0. The molecule has 3 aromatic carbocycles. The average molecular weight is 437 g/mol. The largest absolute Gasteiger partial charge is 0.378 e. The van der Waals surface area contributed by atoms with Gasteiger partial charge in [0.1, 0.15) is 11.3 Å². The Morgan fingerprint density at radius 2 is 1.45 bits per heavy atom. The van der Waals surface area contributed by atoms with Crippen LogP contribution in [0.25, 0.3) is 16.5 Å². The van der Waals surface area contributed by atoms with Crippen LogP contribution >= 0.6 is 7.60 Å². The Hall–Kier alpha value is -2.72. The van der Waals surface area contributed by atoms with Gasteiger partial charge < -0.3 is 13.6 Å². The number of rotatable bonds is 8. The molecular formula is C25H25FNO3P. The first-order valence-corrected chi connectivity index (χ1v) is 11.9. The molecule has 0 bridgehead atoms. The lowest BCUT2D eigenvalue weighted by Crippen LogP contribution is -2.21. The predicted octanol–water partition coefficient (Wildman–Crippen LogP) is 6.25. The maximum absolute atomic E-state index is 14.4. The topological polar surface area (TPSA) is 40.5 Å². The Morgan fingerprint density at radius 1 is 0.839 bits per heavy atom. The zero-order chi connectivity index (χ0) is 21.8. The van der Waals surface area contributed by atoms with E-state index in [1.807, 2.05) is 65.2 Å². The smallest absolute Gasteiger partial charge is 0.306 e.